The fourth-order valence-electron chi connectivity index (χ4n) is 2.89. The van der Waals surface area contributed by atoms with Crippen LogP contribution in [-0.4, -0.2) is 26.0 Å². The molecule has 0 aliphatic rings. The Hall–Kier alpha value is -4.27. The van der Waals surface area contributed by atoms with Gasteiger partial charge < -0.3 is 15.6 Å². The van der Waals surface area contributed by atoms with Crippen molar-refractivity contribution < 1.29 is 14.6 Å². The summed E-state index contributed by atoms with van der Waals surface area (Å²) >= 11 is 0. The Morgan fingerprint density at radius 1 is 1.17 bits per heavy atom. The summed E-state index contributed by atoms with van der Waals surface area (Å²) in [7, 11) is 0. The van der Waals surface area contributed by atoms with Gasteiger partial charge in [0.15, 0.2) is 5.88 Å². The van der Waals surface area contributed by atoms with Gasteiger partial charge in [0.2, 0.25) is 0 Å². The van der Waals surface area contributed by atoms with Crippen LogP contribution in [0.15, 0.2) is 65.5 Å². The molecule has 9 nitrogen and oxygen atoms in total. The van der Waals surface area contributed by atoms with Crippen molar-refractivity contribution in [3.05, 3.63) is 76.6 Å². The number of aromatic nitrogens is 3. The lowest BCUT2D eigenvalue weighted by Gasteiger charge is -2.08. The van der Waals surface area contributed by atoms with Gasteiger partial charge in [0, 0.05) is 11.8 Å². The number of nitrogens with one attached hydrogen (secondary N) is 2. The molecule has 0 spiro atoms. The number of anilines is 2. The molecule has 0 atom stereocenters. The molecule has 146 valence electrons. The van der Waals surface area contributed by atoms with Gasteiger partial charge in [-0.2, -0.15) is 5.10 Å². The van der Waals surface area contributed by atoms with E-state index in [9.17, 15) is 14.7 Å². The molecule has 0 radical (unpaired) electrons. The number of nitrogens with two attached hydrogens (primary N) is 1. The molecule has 1 amide bonds. The number of ether oxygens (including phenoxy) is 1. The van der Waals surface area contributed by atoms with Crippen LogP contribution in [0.2, 0.25) is 0 Å². The first-order chi connectivity index (χ1) is 14.0. The number of aromatic amines is 1. The number of nitrogens with zero attached hydrogens (tertiary/aromatic N) is 2. The second kappa shape index (κ2) is 7.39. The molecule has 0 aliphatic carbocycles. The molecule has 0 aliphatic heterocycles. The van der Waals surface area contributed by atoms with Crippen LogP contribution in [0.4, 0.5) is 16.3 Å². The molecule has 4 aromatic rings. The lowest BCUT2D eigenvalue weighted by molar-refractivity contribution is 0.155. The number of rotatable bonds is 4. The number of carbonyl (C=O) groups is 1. The minimum Gasteiger partial charge on any atom is -0.494 e. The van der Waals surface area contributed by atoms with Gasteiger partial charge in [0.1, 0.15) is 23.3 Å². The number of nitrogen functional groups attached to an aromatic ring is 1. The van der Waals surface area contributed by atoms with Crippen LogP contribution < -0.4 is 16.6 Å². The van der Waals surface area contributed by atoms with E-state index in [4.69, 9.17) is 10.5 Å². The molecule has 5 N–H and O–H groups in total. The minimum atomic E-state index is -0.576. The van der Waals surface area contributed by atoms with Crippen LogP contribution in [0.3, 0.4) is 0 Å². The summed E-state index contributed by atoms with van der Waals surface area (Å²) in [5.74, 6) is -0.148. The van der Waals surface area contributed by atoms with Crippen LogP contribution in [-0.2, 0) is 11.3 Å². The zero-order valence-electron chi connectivity index (χ0n) is 15.1. The lowest BCUT2D eigenvalue weighted by atomic mass is 10.2. The fraction of sp³-hybridized carbons (Fsp3) is 0.0500. The highest BCUT2D eigenvalue weighted by Gasteiger charge is 2.14. The Balaban J connectivity index is 1.49. The molecule has 0 saturated heterocycles. The molecule has 9 heteroatoms. The van der Waals surface area contributed by atoms with Gasteiger partial charge in [0.25, 0.3) is 5.56 Å². The van der Waals surface area contributed by atoms with E-state index < -0.39 is 11.7 Å². The number of hydrogen-bond acceptors (Lipinski definition) is 6. The van der Waals surface area contributed by atoms with Gasteiger partial charge in [-0.15, -0.1) is 0 Å². The number of amides is 1. The van der Waals surface area contributed by atoms with Gasteiger partial charge in [-0.25, -0.2) is 9.48 Å². The van der Waals surface area contributed by atoms with Crippen LogP contribution in [0.1, 0.15) is 5.56 Å². The molecule has 4 rings (SSSR count). The first-order valence-corrected chi connectivity index (χ1v) is 8.70. The second-order valence-corrected chi connectivity index (χ2v) is 6.27. The highest BCUT2D eigenvalue weighted by molar-refractivity contribution is 5.89. The number of hydrogen-bond donors (Lipinski definition) is 4. The first-order valence-electron chi connectivity index (χ1n) is 8.70. The predicted molar refractivity (Wildman–Crippen MR) is 108 cm³/mol. The molecule has 0 fully saturated rings. The summed E-state index contributed by atoms with van der Waals surface area (Å²) in [6.45, 7) is 0.169. The minimum absolute atomic E-state index is 0.143. The van der Waals surface area contributed by atoms with E-state index in [0.29, 0.717) is 11.4 Å². The van der Waals surface area contributed by atoms with Gasteiger partial charge in [-0.05, 0) is 29.8 Å². The van der Waals surface area contributed by atoms with E-state index in [2.05, 4.69) is 15.4 Å². The molecular weight excluding hydrogens is 374 g/mol. The molecule has 0 unspecified atom stereocenters. The van der Waals surface area contributed by atoms with Crippen LogP contribution in [0, 0.1) is 0 Å². The summed E-state index contributed by atoms with van der Waals surface area (Å²) < 4.78 is 6.57. The monoisotopic (exact) mass is 391 g/mol. The third-order valence-corrected chi connectivity index (χ3v) is 4.26. The summed E-state index contributed by atoms with van der Waals surface area (Å²) in [5, 5.41) is 16.6. The Bertz CT molecular complexity index is 1230. The largest absolute Gasteiger partial charge is 0.494 e. The summed E-state index contributed by atoms with van der Waals surface area (Å²) in [4.78, 5) is 26.2. The zero-order valence-corrected chi connectivity index (χ0v) is 15.1. The molecule has 0 saturated carbocycles. The number of fused-ring (bicyclic) bond motifs is 1. The molecule has 0 bridgehead atoms. The number of pyridine rings is 1. The highest BCUT2D eigenvalue weighted by atomic mass is 16.5. The normalized spacial score (nSPS) is 10.8. The van der Waals surface area contributed by atoms with Crippen molar-refractivity contribution in [2.24, 2.45) is 0 Å². The SMILES string of the molecule is Nc1c2c(=O)[nH]c(O)cc2nn1-c1ccc(NC(=O)OCc2ccccc2)cc1. The fourth-order valence-corrected chi connectivity index (χ4v) is 2.89. The zero-order chi connectivity index (χ0) is 20.4. The van der Waals surface area contributed by atoms with Crippen molar-refractivity contribution in [2.45, 2.75) is 6.61 Å². The third-order valence-electron chi connectivity index (χ3n) is 4.26. The summed E-state index contributed by atoms with van der Waals surface area (Å²) in [6, 6.07) is 17.4. The van der Waals surface area contributed by atoms with Crippen molar-refractivity contribution >= 4 is 28.5 Å². The smallest absolute Gasteiger partial charge is 0.411 e. The van der Waals surface area contributed by atoms with Crippen LogP contribution in [0.25, 0.3) is 16.6 Å². The molecule has 2 aromatic heterocycles. The maximum atomic E-state index is 12.0. The Labute approximate surface area is 164 Å². The van der Waals surface area contributed by atoms with E-state index in [0.717, 1.165) is 5.56 Å². The average molecular weight is 391 g/mol. The van der Waals surface area contributed by atoms with Crippen LogP contribution >= 0.6 is 0 Å². The van der Waals surface area contributed by atoms with Gasteiger partial charge in [-0.1, -0.05) is 30.3 Å². The molecule has 2 aromatic carbocycles. The van der Waals surface area contributed by atoms with E-state index >= 15 is 0 Å². The first kappa shape index (κ1) is 18.1. The van der Waals surface area contributed by atoms with Gasteiger partial charge in [-0.3, -0.25) is 15.1 Å². The van der Waals surface area contributed by atoms with E-state index in [1.165, 1.54) is 10.7 Å². The number of H-pyrrole nitrogens is 1. The Morgan fingerprint density at radius 2 is 1.90 bits per heavy atom. The van der Waals surface area contributed by atoms with Crippen molar-refractivity contribution in [1.82, 2.24) is 14.8 Å². The van der Waals surface area contributed by atoms with Crippen molar-refractivity contribution in [3.63, 3.8) is 0 Å². The molecule has 29 heavy (non-hydrogen) atoms. The quantitative estimate of drug-likeness (QED) is 0.422. The molecule has 2 heterocycles. The maximum absolute atomic E-state index is 12.0. The summed E-state index contributed by atoms with van der Waals surface area (Å²) in [6.07, 6.45) is -0.576. The maximum Gasteiger partial charge on any atom is 0.411 e. The number of aromatic hydroxyl groups is 1. The van der Waals surface area contributed by atoms with Crippen molar-refractivity contribution in [3.8, 4) is 11.6 Å². The predicted octanol–water partition coefficient (Wildman–Crippen LogP) is 2.75. The second-order valence-electron chi connectivity index (χ2n) is 6.27. The van der Waals surface area contributed by atoms with Crippen molar-refractivity contribution in [1.29, 1.82) is 0 Å². The van der Waals surface area contributed by atoms with Gasteiger partial charge >= 0.3 is 6.09 Å². The third kappa shape index (κ3) is 3.74. The highest BCUT2D eigenvalue weighted by Crippen LogP contribution is 2.23. The Kier molecular flexibility index (Phi) is 4.62. The van der Waals surface area contributed by atoms with E-state index in [-0.39, 0.29) is 29.2 Å². The lowest BCUT2D eigenvalue weighted by Crippen LogP contribution is -2.13. The topological polar surface area (TPSA) is 135 Å². The van der Waals surface area contributed by atoms with Gasteiger partial charge in [0.05, 0.1) is 5.69 Å². The van der Waals surface area contributed by atoms with E-state index in [1.54, 1.807) is 24.3 Å². The number of carbonyl (C=O) groups excluding carboxylic acids is 1. The Morgan fingerprint density at radius 3 is 2.62 bits per heavy atom. The van der Waals surface area contributed by atoms with Crippen molar-refractivity contribution in [2.75, 3.05) is 11.1 Å². The average Bonchev–Trinajstić information content (AvgIpc) is 3.04. The standard InChI is InChI=1S/C20H17N5O4/c21-18-17-15(10-16(26)23-19(17)27)24-25(18)14-8-6-13(7-9-14)22-20(28)29-11-12-4-2-1-3-5-12/h1-10,26H,11,21H2,(H,22,28)(H,23,27). The molecular formula is C20H17N5O4. The number of benzene rings is 2. The summed E-state index contributed by atoms with van der Waals surface area (Å²) in [5.41, 5.74) is 7.79. The van der Waals surface area contributed by atoms with Crippen LogP contribution in [0.5, 0.6) is 5.88 Å². The van der Waals surface area contributed by atoms with E-state index in [1.807, 2.05) is 30.3 Å².